The Labute approximate surface area is 149 Å². The van der Waals surface area contributed by atoms with Gasteiger partial charge >= 0.3 is 0 Å². The molecule has 0 bridgehead atoms. The van der Waals surface area contributed by atoms with E-state index in [0.29, 0.717) is 0 Å². The fourth-order valence-electron chi connectivity index (χ4n) is 3.73. The van der Waals surface area contributed by atoms with Crippen LogP contribution in [0.15, 0.2) is 48.8 Å². The zero-order chi connectivity index (χ0) is 17.5. The topological polar surface area (TPSA) is 25.4 Å². The van der Waals surface area contributed by atoms with Gasteiger partial charge < -0.3 is 4.74 Å². The van der Waals surface area contributed by atoms with Crippen LogP contribution in [0.2, 0.25) is 0 Å². The summed E-state index contributed by atoms with van der Waals surface area (Å²) in [4.78, 5) is 6.67. The van der Waals surface area contributed by atoms with Gasteiger partial charge in [-0.05, 0) is 56.0 Å². The first-order valence-electron chi connectivity index (χ1n) is 9.13. The molecule has 134 valence electrons. The van der Waals surface area contributed by atoms with E-state index in [1.54, 1.807) is 18.3 Å². The maximum absolute atomic E-state index is 14.0. The molecule has 0 radical (unpaired) electrons. The van der Waals surface area contributed by atoms with E-state index < -0.39 is 0 Å². The largest absolute Gasteiger partial charge is 0.381 e. The number of rotatable bonds is 8. The van der Waals surface area contributed by atoms with Crippen molar-refractivity contribution in [3.8, 4) is 0 Å². The van der Waals surface area contributed by atoms with Crippen LogP contribution in [0.5, 0.6) is 0 Å². The van der Waals surface area contributed by atoms with Crippen molar-refractivity contribution in [3.05, 3.63) is 65.7 Å². The molecule has 1 aromatic carbocycles. The van der Waals surface area contributed by atoms with Crippen molar-refractivity contribution in [2.24, 2.45) is 5.41 Å². The Morgan fingerprint density at radius 1 is 1.24 bits per heavy atom. The summed E-state index contributed by atoms with van der Waals surface area (Å²) < 4.78 is 19.8. The first kappa shape index (κ1) is 18.0. The second kappa shape index (κ2) is 8.54. The van der Waals surface area contributed by atoms with Gasteiger partial charge in [0, 0.05) is 37.5 Å². The number of aryl methyl sites for hydroxylation is 1. The van der Waals surface area contributed by atoms with Gasteiger partial charge in [-0.1, -0.05) is 24.3 Å². The number of nitrogens with zero attached hydrogens (tertiary/aromatic N) is 2. The molecule has 0 saturated carbocycles. The van der Waals surface area contributed by atoms with Crippen LogP contribution in [0.1, 0.15) is 30.9 Å². The lowest BCUT2D eigenvalue weighted by atomic mass is 9.82. The van der Waals surface area contributed by atoms with E-state index in [1.807, 2.05) is 31.3 Å². The number of aromatic nitrogens is 1. The van der Waals surface area contributed by atoms with E-state index in [2.05, 4.69) is 16.0 Å². The van der Waals surface area contributed by atoms with Crippen molar-refractivity contribution < 1.29 is 9.13 Å². The zero-order valence-corrected chi connectivity index (χ0v) is 15.0. The lowest BCUT2D eigenvalue weighted by Crippen LogP contribution is -2.32. The molecule has 1 fully saturated rings. The lowest BCUT2D eigenvalue weighted by Gasteiger charge is -2.29. The number of hydrogen-bond acceptors (Lipinski definition) is 3. The molecule has 1 aliphatic rings. The van der Waals surface area contributed by atoms with Gasteiger partial charge in [0.25, 0.3) is 0 Å². The van der Waals surface area contributed by atoms with Gasteiger partial charge in [-0.2, -0.15) is 0 Å². The predicted octanol–water partition coefficient (Wildman–Crippen LogP) is 4.08. The fourth-order valence-corrected chi connectivity index (χ4v) is 3.73. The standard InChI is InChI=1S/C21H27FN2O/c1-2-25-17-21(10-9-19-7-3-4-8-20(19)22)11-13-24(16-21)15-18-6-5-12-23-14-18/h3-8,12,14H,2,9-11,13,15-17H2,1H3/t21-/m0/s1. The number of hydrogen-bond donors (Lipinski definition) is 0. The van der Waals surface area contributed by atoms with E-state index in [1.165, 1.54) is 5.56 Å². The summed E-state index contributed by atoms with van der Waals surface area (Å²) in [6, 6.07) is 11.2. The second-order valence-electron chi connectivity index (χ2n) is 7.05. The highest BCUT2D eigenvalue weighted by molar-refractivity contribution is 5.18. The highest BCUT2D eigenvalue weighted by Crippen LogP contribution is 2.36. The highest BCUT2D eigenvalue weighted by Gasteiger charge is 2.38. The van der Waals surface area contributed by atoms with E-state index in [4.69, 9.17) is 4.74 Å². The van der Waals surface area contributed by atoms with Crippen molar-refractivity contribution in [2.45, 2.75) is 32.7 Å². The maximum atomic E-state index is 14.0. The molecule has 3 rings (SSSR count). The Morgan fingerprint density at radius 2 is 2.12 bits per heavy atom. The first-order chi connectivity index (χ1) is 12.2. The third-order valence-corrected chi connectivity index (χ3v) is 5.14. The third kappa shape index (κ3) is 4.86. The predicted molar refractivity (Wildman–Crippen MR) is 97.8 cm³/mol. The van der Waals surface area contributed by atoms with Gasteiger partial charge in [-0.3, -0.25) is 9.88 Å². The Balaban J connectivity index is 1.64. The summed E-state index contributed by atoms with van der Waals surface area (Å²) in [6.45, 7) is 6.48. The molecule has 3 nitrogen and oxygen atoms in total. The van der Waals surface area contributed by atoms with Crippen LogP contribution in [0, 0.1) is 11.2 Å². The first-order valence-corrected chi connectivity index (χ1v) is 9.13. The molecule has 25 heavy (non-hydrogen) atoms. The average molecular weight is 342 g/mol. The molecule has 4 heteroatoms. The second-order valence-corrected chi connectivity index (χ2v) is 7.05. The molecule has 0 spiro atoms. The number of pyridine rings is 1. The van der Waals surface area contributed by atoms with Crippen molar-refractivity contribution in [1.29, 1.82) is 0 Å². The Kier molecular flexibility index (Phi) is 6.16. The fraction of sp³-hybridized carbons (Fsp3) is 0.476. The molecule has 1 atom stereocenters. The minimum absolute atomic E-state index is 0.0979. The summed E-state index contributed by atoms with van der Waals surface area (Å²) in [5.41, 5.74) is 2.16. The van der Waals surface area contributed by atoms with Gasteiger partial charge in [-0.25, -0.2) is 4.39 Å². The normalized spacial score (nSPS) is 20.9. The summed E-state index contributed by atoms with van der Waals surface area (Å²) >= 11 is 0. The van der Waals surface area contributed by atoms with Gasteiger partial charge in [0.15, 0.2) is 0 Å². The molecular formula is C21H27FN2O. The van der Waals surface area contributed by atoms with E-state index in [0.717, 1.165) is 57.7 Å². The SMILES string of the molecule is CCOC[C@@]1(CCc2ccccc2F)CCN(Cc2cccnc2)C1. The van der Waals surface area contributed by atoms with Crippen LogP contribution >= 0.6 is 0 Å². The minimum atomic E-state index is -0.0979. The van der Waals surface area contributed by atoms with Crippen LogP contribution < -0.4 is 0 Å². The third-order valence-electron chi connectivity index (χ3n) is 5.14. The molecule has 1 aromatic heterocycles. The molecule has 0 amide bonds. The average Bonchev–Trinajstić information content (AvgIpc) is 3.03. The highest BCUT2D eigenvalue weighted by atomic mass is 19.1. The maximum Gasteiger partial charge on any atom is 0.126 e. The zero-order valence-electron chi connectivity index (χ0n) is 15.0. The summed E-state index contributed by atoms with van der Waals surface area (Å²) in [5.74, 6) is -0.0979. The molecule has 2 aromatic rings. The summed E-state index contributed by atoms with van der Waals surface area (Å²) in [5, 5.41) is 0. The Bertz CT molecular complexity index is 664. The van der Waals surface area contributed by atoms with Gasteiger partial charge in [0.1, 0.15) is 5.82 Å². The monoisotopic (exact) mass is 342 g/mol. The minimum Gasteiger partial charge on any atom is -0.381 e. The molecule has 0 N–H and O–H groups in total. The Morgan fingerprint density at radius 3 is 2.88 bits per heavy atom. The number of benzene rings is 1. The lowest BCUT2D eigenvalue weighted by molar-refractivity contribution is 0.0488. The molecule has 1 saturated heterocycles. The smallest absolute Gasteiger partial charge is 0.126 e. The number of halogens is 1. The van der Waals surface area contributed by atoms with Gasteiger partial charge in [0.05, 0.1) is 6.61 Å². The van der Waals surface area contributed by atoms with Crippen LogP contribution in [0.4, 0.5) is 4.39 Å². The Hall–Kier alpha value is -1.78. The van der Waals surface area contributed by atoms with Crippen LogP contribution in [0.3, 0.4) is 0 Å². The van der Waals surface area contributed by atoms with Crippen molar-refractivity contribution in [1.82, 2.24) is 9.88 Å². The van der Waals surface area contributed by atoms with Crippen molar-refractivity contribution in [3.63, 3.8) is 0 Å². The summed E-state index contributed by atoms with van der Waals surface area (Å²) in [7, 11) is 0. The summed E-state index contributed by atoms with van der Waals surface area (Å²) in [6.07, 6.45) is 6.56. The molecule has 0 aliphatic carbocycles. The van der Waals surface area contributed by atoms with Crippen molar-refractivity contribution >= 4 is 0 Å². The molecular weight excluding hydrogens is 315 g/mol. The van der Waals surface area contributed by atoms with E-state index >= 15 is 0 Å². The number of ether oxygens (including phenoxy) is 1. The van der Waals surface area contributed by atoms with E-state index in [9.17, 15) is 4.39 Å². The quantitative estimate of drug-likeness (QED) is 0.723. The van der Waals surface area contributed by atoms with Gasteiger partial charge in [0.2, 0.25) is 0 Å². The molecule has 1 aliphatic heterocycles. The molecule has 0 unspecified atom stereocenters. The van der Waals surface area contributed by atoms with Crippen LogP contribution in [-0.4, -0.2) is 36.2 Å². The van der Waals surface area contributed by atoms with Gasteiger partial charge in [-0.15, -0.1) is 0 Å². The van der Waals surface area contributed by atoms with E-state index in [-0.39, 0.29) is 11.2 Å². The van der Waals surface area contributed by atoms with Crippen LogP contribution in [0.25, 0.3) is 0 Å². The van der Waals surface area contributed by atoms with Crippen molar-refractivity contribution in [2.75, 3.05) is 26.3 Å². The van der Waals surface area contributed by atoms with Crippen LogP contribution in [-0.2, 0) is 17.7 Å². The number of likely N-dealkylation sites (tertiary alicyclic amines) is 1. The molecule has 2 heterocycles.